The molecule has 0 heterocycles. The van der Waals surface area contributed by atoms with Gasteiger partial charge in [-0.3, -0.25) is 4.79 Å². The number of methoxy groups -OCH3 is 1. The van der Waals surface area contributed by atoms with Gasteiger partial charge in [0.1, 0.15) is 5.75 Å². The standard InChI is InChI=1S/C13H18BrNO2/c1-8-6-7-10(9(2)11(8)17-5)15-12(16)13(3,4)14/h6-7H,1-5H3,(H,15,16). The number of rotatable bonds is 3. The largest absolute Gasteiger partial charge is 0.496 e. The van der Waals surface area contributed by atoms with Crippen LogP contribution in [0.5, 0.6) is 5.75 Å². The van der Waals surface area contributed by atoms with Crippen molar-refractivity contribution in [3.8, 4) is 5.75 Å². The number of anilines is 1. The van der Waals surface area contributed by atoms with Crippen LogP contribution in [0.3, 0.4) is 0 Å². The SMILES string of the molecule is COc1c(C)ccc(NC(=O)C(C)(C)Br)c1C. The second kappa shape index (κ2) is 5.08. The van der Waals surface area contributed by atoms with Gasteiger partial charge in [0.15, 0.2) is 0 Å². The molecule has 3 nitrogen and oxygen atoms in total. The zero-order valence-electron chi connectivity index (χ0n) is 10.8. The summed E-state index contributed by atoms with van der Waals surface area (Å²) in [6, 6.07) is 3.83. The quantitative estimate of drug-likeness (QED) is 0.869. The third-order valence-corrected chi connectivity index (χ3v) is 2.96. The number of carbonyl (C=O) groups is 1. The first kappa shape index (κ1) is 14.0. The molecular weight excluding hydrogens is 282 g/mol. The lowest BCUT2D eigenvalue weighted by Gasteiger charge is -2.18. The van der Waals surface area contributed by atoms with Gasteiger partial charge in [0.05, 0.1) is 11.4 Å². The second-order valence-corrected chi connectivity index (χ2v) is 6.50. The highest BCUT2D eigenvalue weighted by Crippen LogP contribution is 2.30. The van der Waals surface area contributed by atoms with E-state index in [9.17, 15) is 4.79 Å². The molecule has 0 saturated carbocycles. The molecule has 17 heavy (non-hydrogen) atoms. The smallest absolute Gasteiger partial charge is 0.240 e. The van der Waals surface area contributed by atoms with Gasteiger partial charge in [-0.05, 0) is 39.3 Å². The maximum atomic E-state index is 11.9. The Balaban J connectivity index is 3.05. The number of ether oxygens (including phenoxy) is 1. The number of amides is 1. The summed E-state index contributed by atoms with van der Waals surface area (Å²) in [6.07, 6.45) is 0. The van der Waals surface area contributed by atoms with Crippen LogP contribution in [0.1, 0.15) is 25.0 Å². The van der Waals surface area contributed by atoms with Crippen molar-refractivity contribution in [2.24, 2.45) is 0 Å². The summed E-state index contributed by atoms with van der Waals surface area (Å²) in [6.45, 7) is 7.53. The number of aryl methyl sites for hydroxylation is 1. The average molecular weight is 300 g/mol. The van der Waals surface area contributed by atoms with Crippen LogP contribution in [0, 0.1) is 13.8 Å². The van der Waals surface area contributed by atoms with Crippen molar-refractivity contribution >= 4 is 27.5 Å². The monoisotopic (exact) mass is 299 g/mol. The first-order valence-electron chi connectivity index (χ1n) is 5.42. The number of nitrogens with one attached hydrogen (secondary N) is 1. The van der Waals surface area contributed by atoms with Crippen molar-refractivity contribution in [1.82, 2.24) is 0 Å². The first-order chi connectivity index (χ1) is 7.77. The molecule has 0 bridgehead atoms. The summed E-state index contributed by atoms with van der Waals surface area (Å²) in [4.78, 5) is 11.9. The number of alkyl halides is 1. The van der Waals surface area contributed by atoms with E-state index in [0.717, 1.165) is 22.6 Å². The lowest BCUT2D eigenvalue weighted by molar-refractivity contribution is -0.117. The fraction of sp³-hybridized carbons (Fsp3) is 0.462. The lowest BCUT2D eigenvalue weighted by Crippen LogP contribution is -2.31. The molecule has 0 unspecified atom stereocenters. The van der Waals surface area contributed by atoms with E-state index < -0.39 is 4.32 Å². The summed E-state index contributed by atoms with van der Waals surface area (Å²) >= 11 is 3.33. The van der Waals surface area contributed by atoms with E-state index in [0.29, 0.717) is 0 Å². The van der Waals surface area contributed by atoms with Crippen LogP contribution in [-0.2, 0) is 4.79 Å². The van der Waals surface area contributed by atoms with E-state index in [4.69, 9.17) is 4.74 Å². The molecule has 0 aliphatic carbocycles. The molecule has 0 atom stereocenters. The topological polar surface area (TPSA) is 38.3 Å². The Morgan fingerprint density at radius 2 is 1.94 bits per heavy atom. The van der Waals surface area contributed by atoms with Crippen LogP contribution in [0.15, 0.2) is 12.1 Å². The van der Waals surface area contributed by atoms with E-state index in [1.54, 1.807) is 7.11 Å². The molecule has 0 spiro atoms. The van der Waals surface area contributed by atoms with Crippen molar-refractivity contribution < 1.29 is 9.53 Å². The zero-order chi connectivity index (χ0) is 13.2. The van der Waals surface area contributed by atoms with Crippen molar-refractivity contribution in [3.63, 3.8) is 0 Å². The van der Waals surface area contributed by atoms with Crippen molar-refractivity contribution in [2.75, 3.05) is 12.4 Å². The van der Waals surface area contributed by atoms with Gasteiger partial charge in [-0.25, -0.2) is 0 Å². The molecule has 0 aliphatic rings. The Hall–Kier alpha value is -1.03. The summed E-state index contributed by atoms with van der Waals surface area (Å²) < 4.78 is 4.73. The molecule has 4 heteroatoms. The Morgan fingerprint density at radius 1 is 1.35 bits per heavy atom. The Kier molecular flexibility index (Phi) is 4.20. The molecule has 1 N–H and O–H groups in total. The van der Waals surface area contributed by atoms with Crippen molar-refractivity contribution in [3.05, 3.63) is 23.3 Å². The number of halogens is 1. The van der Waals surface area contributed by atoms with Crippen LogP contribution in [-0.4, -0.2) is 17.3 Å². The molecule has 0 fully saturated rings. The Morgan fingerprint density at radius 3 is 2.41 bits per heavy atom. The molecule has 1 amide bonds. The summed E-state index contributed by atoms with van der Waals surface area (Å²) in [5.41, 5.74) is 2.78. The summed E-state index contributed by atoms with van der Waals surface area (Å²) in [7, 11) is 1.63. The van der Waals surface area contributed by atoms with E-state index in [-0.39, 0.29) is 5.91 Å². The fourth-order valence-corrected chi connectivity index (χ4v) is 1.65. The van der Waals surface area contributed by atoms with Crippen LogP contribution >= 0.6 is 15.9 Å². The third kappa shape index (κ3) is 3.22. The van der Waals surface area contributed by atoms with Crippen molar-refractivity contribution in [1.29, 1.82) is 0 Å². The fourth-order valence-electron chi connectivity index (χ4n) is 1.55. The lowest BCUT2D eigenvalue weighted by atomic mass is 10.1. The van der Waals surface area contributed by atoms with Gasteiger partial charge < -0.3 is 10.1 Å². The minimum Gasteiger partial charge on any atom is -0.496 e. The van der Waals surface area contributed by atoms with Gasteiger partial charge in [0.2, 0.25) is 5.91 Å². The number of hydrogen-bond acceptors (Lipinski definition) is 2. The molecule has 0 aromatic heterocycles. The molecule has 0 aliphatic heterocycles. The highest BCUT2D eigenvalue weighted by atomic mass is 79.9. The van der Waals surface area contributed by atoms with Gasteiger partial charge in [0.25, 0.3) is 0 Å². The number of hydrogen-bond donors (Lipinski definition) is 1. The molecular formula is C13H18BrNO2. The van der Waals surface area contributed by atoms with Crippen molar-refractivity contribution in [2.45, 2.75) is 32.0 Å². The highest BCUT2D eigenvalue weighted by molar-refractivity contribution is 9.10. The minimum absolute atomic E-state index is 0.0773. The van der Waals surface area contributed by atoms with Gasteiger partial charge in [0, 0.05) is 11.3 Å². The Bertz CT molecular complexity index is 436. The number of carbonyl (C=O) groups excluding carboxylic acids is 1. The van der Waals surface area contributed by atoms with Crippen LogP contribution in [0.2, 0.25) is 0 Å². The molecule has 0 radical (unpaired) electrons. The molecule has 1 aromatic carbocycles. The highest BCUT2D eigenvalue weighted by Gasteiger charge is 2.24. The van der Waals surface area contributed by atoms with E-state index in [2.05, 4.69) is 21.2 Å². The minimum atomic E-state index is -0.586. The van der Waals surface area contributed by atoms with Crippen LogP contribution < -0.4 is 10.1 Å². The third-order valence-electron chi connectivity index (χ3n) is 2.60. The average Bonchev–Trinajstić information content (AvgIpc) is 2.21. The zero-order valence-corrected chi connectivity index (χ0v) is 12.4. The first-order valence-corrected chi connectivity index (χ1v) is 6.21. The number of benzene rings is 1. The van der Waals surface area contributed by atoms with Gasteiger partial charge >= 0.3 is 0 Å². The molecule has 94 valence electrons. The molecule has 1 rings (SSSR count). The maximum Gasteiger partial charge on any atom is 0.240 e. The summed E-state index contributed by atoms with van der Waals surface area (Å²) in [5, 5.41) is 2.89. The van der Waals surface area contributed by atoms with Gasteiger partial charge in [-0.1, -0.05) is 22.0 Å². The Labute approximate surface area is 111 Å². The van der Waals surface area contributed by atoms with E-state index in [1.807, 2.05) is 39.8 Å². The van der Waals surface area contributed by atoms with E-state index in [1.165, 1.54) is 0 Å². The second-order valence-electron chi connectivity index (χ2n) is 4.51. The van der Waals surface area contributed by atoms with Crippen LogP contribution in [0.25, 0.3) is 0 Å². The molecule has 1 aromatic rings. The van der Waals surface area contributed by atoms with E-state index >= 15 is 0 Å². The predicted molar refractivity (Wildman–Crippen MR) is 74.1 cm³/mol. The van der Waals surface area contributed by atoms with Gasteiger partial charge in [-0.15, -0.1) is 0 Å². The van der Waals surface area contributed by atoms with Gasteiger partial charge in [-0.2, -0.15) is 0 Å². The predicted octanol–water partition coefficient (Wildman–Crippen LogP) is 3.42. The van der Waals surface area contributed by atoms with Crippen LogP contribution in [0.4, 0.5) is 5.69 Å². The molecule has 0 saturated heterocycles. The maximum absolute atomic E-state index is 11.9. The summed E-state index contributed by atoms with van der Waals surface area (Å²) in [5.74, 6) is 0.738. The normalized spacial score (nSPS) is 11.2.